The predicted octanol–water partition coefficient (Wildman–Crippen LogP) is 3.54. The molecule has 0 saturated carbocycles. The Balaban J connectivity index is 1.48. The van der Waals surface area contributed by atoms with Gasteiger partial charge in [0.15, 0.2) is 5.13 Å². The summed E-state index contributed by atoms with van der Waals surface area (Å²) >= 11 is 7.12. The number of rotatable bonds is 4. The molecule has 1 fully saturated rings. The number of alkyl halides is 1. The molecule has 2 atom stereocenters. The van der Waals surface area contributed by atoms with Crippen molar-refractivity contribution < 1.29 is 19.1 Å². The third-order valence-electron chi connectivity index (χ3n) is 5.32. The quantitative estimate of drug-likeness (QED) is 0.589. The molecule has 0 aromatic carbocycles. The molecule has 0 spiro atoms. The molecule has 1 amide bonds. The van der Waals surface area contributed by atoms with E-state index in [2.05, 4.69) is 20.3 Å². The Bertz CT molecular complexity index is 1170. The van der Waals surface area contributed by atoms with E-state index in [4.69, 9.17) is 11.6 Å². The second kappa shape index (κ2) is 8.83. The lowest BCUT2D eigenvalue weighted by molar-refractivity contribution is 0.0702. The summed E-state index contributed by atoms with van der Waals surface area (Å²) in [5.74, 6) is -1.13. The molecule has 3 aromatic rings. The number of halogens is 2. The number of anilines is 1. The van der Waals surface area contributed by atoms with Gasteiger partial charge in [-0.3, -0.25) is 4.57 Å². The summed E-state index contributed by atoms with van der Waals surface area (Å²) in [7, 11) is 0. The Morgan fingerprint density at radius 2 is 2.16 bits per heavy atom. The predicted molar refractivity (Wildman–Crippen MR) is 118 cm³/mol. The molecule has 1 aliphatic heterocycles. The number of hydrogen-bond acceptors (Lipinski definition) is 7. The number of carbonyl (C=O) groups is 2. The number of hydrogen-bond donors (Lipinski definition) is 2. The van der Waals surface area contributed by atoms with Crippen LogP contribution < -0.4 is 10.2 Å². The van der Waals surface area contributed by atoms with Crippen molar-refractivity contribution in [2.45, 2.75) is 32.5 Å². The molecule has 12 heteroatoms. The van der Waals surface area contributed by atoms with Gasteiger partial charge in [-0.2, -0.15) is 0 Å². The highest BCUT2D eigenvalue weighted by Crippen LogP contribution is 2.34. The van der Waals surface area contributed by atoms with Gasteiger partial charge in [-0.1, -0.05) is 22.9 Å². The molecule has 0 aliphatic carbocycles. The number of amides is 1. The van der Waals surface area contributed by atoms with Gasteiger partial charge in [0.25, 0.3) is 0 Å². The topological polar surface area (TPSA) is 113 Å². The summed E-state index contributed by atoms with van der Waals surface area (Å²) in [6.07, 6.45) is 3.41. The number of nitrogens with one attached hydrogen (secondary N) is 1. The molecule has 0 bridgehead atoms. The molecule has 0 unspecified atom stereocenters. The number of aromatic nitrogens is 4. The van der Waals surface area contributed by atoms with E-state index in [0.717, 1.165) is 16.9 Å². The Morgan fingerprint density at radius 3 is 2.75 bits per heavy atom. The molecule has 2 N–H and O–H groups in total. The highest BCUT2D eigenvalue weighted by Gasteiger charge is 2.33. The minimum absolute atomic E-state index is 0.0226. The highest BCUT2D eigenvalue weighted by atomic mass is 35.5. The van der Waals surface area contributed by atoms with Crippen molar-refractivity contribution in [3.8, 4) is 11.4 Å². The van der Waals surface area contributed by atoms with E-state index in [9.17, 15) is 19.1 Å². The van der Waals surface area contributed by atoms with Crippen molar-refractivity contribution in [2.75, 3.05) is 18.0 Å². The zero-order chi connectivity index (χ0) is 23.0. The smallest absolute Gasteiger partial charge is 0.348 e. The lowest BCUT2D eigenvalue weighted by Crippen LogP contribution is -2.53. The summed E-state index contributed by atoms with van der Waals surface area (Å²) in [5, 5.41) is 13.2. The van der Waals surface area contributed by atoms with E-state index in [-0.39, 0.29) is 17.1 Å². The summed E-state index contributed by atoms with van der Waals surface area (Å²) in [5.41, 5.74) is 1.97. The van der Waals surface area contributed by atoms with Crippen LogP contribution in [0.2, 0.25) is 5.02 Å². The fourth-order valence-corrected chi connectivity index (χ4v) is 4.70. The van der Waals surface area contributed by atoms with E-state index in [1.807, 2.05) is 0 Å². The molecule has 1 saturated heterocycles. The number of thiazole rings is 1. The normalized spacial score (nSPS) is 18.6. The van der Waals surface area contributed by atoms with Crippen molar-refractivity contribution in [1.82, 2.24) is 24.8 Å². The summed E-state index contributed by atoms with van der Waals surface area (Å²) in [6.45, 7) is 3.91. The SMILES string of the molecule is Cc1cn(C(=O)N[C@@H]2CCN(c3nc(-c4ccncn4)c(C(=O)O)s3)C[C@@H]2F)c(C)c1Cl. The monoisotopic (exact) mass is 478 g/mol. The number of aromatic carboxylic acids is 1. The van der Waals surface area contributed by atoms with Gasteiger partial charge in [-0.25, -0.2) is 28.9 Å². The van der Waals surface area contributed by atoms with Gasteiger partial charge in [0.1, 0.15) is 23.1 Å². The molecular weight excluding hydrogens is 459 g/mol. The molecule has 3 aromatic heterocycles. The fraction of sp³-hybridized carbons (Fsp3) is 0.350. The van der Waals surface area contributed by atoms with Crippen LogP contribution in [0.15, 0.2) is 24.8 Å². The number of carbonyl (C=O) groups excluding carboxylic acids is 1. The van der Waals surface area contributed by atoms with Crippen LogP contribution in [0.25, 0.3) is 11.4 Å². The van der Waals surface area contributed by atoms with Crippen LogP contribution in [-0.4, -0.2) is 61.9 Å². The zero-order valence-electron chi connectivity index (χ0n) is 17.2. The highest BCUT2D eigenvalue weighted by molar-refractivity contribution is 7.17. The second-order valence-electron chi connectivity index (χ2n) is 7.46. The molecule has 168 valence electrons. The van der Waals surface area contributed by atoms with Crippen LogP contribution in [0.5, 0.6) is 0 Å². The van der Waals surface area contributed by atoms with Gasteiger partial charge < -0.3 is 15.3 Å². The zero-order valence-corrected chi connectivity index (χ0v) is 18.8. The molecule has 32 heavy (non-hydrogen) atoms. The van der Waals surface area contributed by atoms with E-state index in [1.165, 1.54) is 17.1 Å². The Hall–Kier alpha value is -3.05. The van der Waals surface area contributed by atoms with Crippen molar-refractivity contribution in [2.24, 2.45) is 0 Å². The number of piperidine rings is 1. The Kier molecular flexibility index (Phi) is 6.11. The Morgan fingerprint density at radius 1 is 1.38 bits per heavy atom. The standard InChI is InChI=1S/C20H20ClFN6O3S/c1-10-7-28(11(2)15(10)21)19(31)25-13-4-6-27(8-12(13)22)20-26-16(17(32-20)18(29)30)14-3-5-23-9-24-14/h3,5,7,9,12-13H,4,6,8H2,1-2H3,(H,25,31)(H,29,30)/t12-,13+/m0/s1. The largest absolute Gasteiger partial charge is 0.477 e. The molecule has 0 radical (unpaired) electrons. The van der Waals surface area contributed by atoms with Gasteiger partial charge in [-0.05, 0) is 31.9 Å². The van der Waals surface area contributed by atoms with Crippen molar-refractivity contribution >= 4 is 40.1 Å². The molecule has 4 rings (SSSR count). The molecule has 4 heterocycles. The first kappa shape index (κ1) is 22.2. The number of aryl methyl sites for hydroxylation is 1. The minimum atomic E-state index is -1.36. The molecular formula is C20H20ClFN6O3S. The minimum Gasteiger partial charge on any atom is -0.477 e. The number of carboxylic acid groups (broad SMARTS) is 1. The third-order valence-corrected chi connectivity index (χ3v) is 7.00. The summed E-state index contributed by atoms with van der Waals surface area (Å²) < 4.78 is 16.4. The molecule has 1 aliphatic rings. The third kappa shape index (κ3) is 4.17. The van der Waals surface area contributed by atoms with Crippen LogP contribution >= 0.6 is 22.9 Å². The van der Waals surface area contributed by atoms with E-state index in [1.54, 1.807) is 31.0 Å². The van der Waals surface area contributed by atoms with Crippen molar-refractivity contribution in [1.29, 1.82) is 0 Å². The van der Waals surface area contributed by atoms with Crippen molar-refractivity contribution in [3.05, 3.63) is 45.9 Å². The summed E-state index contributed by atoms with van der Waals surface area (Å²) in [6, 6.07) is 0.453. The van der Waals surface area contributed by atoms with Crippen LogP contribution in [0.1, 0.15) is 27.3 Å². The summed E-state index contributed by atoms with van der Waals surface area (Å²) in [4.78, 5) is 38.3. The first-order chi connectivity index (χ1) is 15.3. The lowest BCUT2D eigenvalue weighted by Gasteiger charge is -2.34. The Labute approximate surface area is 191 Å². The van der Waals surface area contributed by atoms with Crippen LogP contribution in [0.3, 0.4) is 0 Å². The fourth-order valence-electron chi connectivity index (χ4n) is 3.61. The van der Waals surface area contributed by atoms with Gasteiger partial charge in [0, 0.05) is 24.6 Å². The molecule has 9 nitrogen and oxygen atoms in total. The van der Waals surface area contributed by atoms with Crippen LogP contribution in [-0.2, 0) is 0 Å². The van der Waals surface area contributed by atoms with Gasteiger partial charge in [-0.15, -0.1) is 0 Å². The average molecular weight is 479 g/mol. The van der Waals surface area contributed by atoms with E-state index < -0.39 is 24.2 Å². The van der Waals surface area contributed by atoms with Gasteiger partial charge in [0.2, 0.25) is 0 Å². The maximum absolute atomic E-state index is 15.0. The number of nitrogens with zero attached hydrogens (tertiary/aromatic N) is 5. The first-order valence-corrected chi connectivity index (χ1v) is 11.0. The second-order valence-corrected chi connectivity index (χ2v) is 8.82. The maximum atomic E-state index is 15.0. The van der Waals surface area contributed by atoms with Crippen molar-refractivity contribution in [3.63, 3.8) is 0 Å². The van der Waals surface area contributed by atoms with Crippen LogP contribution in [0.4, 0.5) is 14.3 Å². The van der Waals surface area contributed by atoms with Gasteiger partial charge >= 0.3 is 12.0 Å². The number of carboxylic acids is 1. The lowest BCUT2D eigenvalue weighted by atomic mass is 10.0. The first-order valence-electron chi connectivity index (χ1n) is 9.80. The average Bonchev–Trinajstić information content (AvgIpc) is 3.33. The van der Waals surface area contributed by atoms with Crippen LogP contribution in [0, 0.1) is 13.8 Å². The van der Waals surface area contributed by atoms with E-state index in [0.29, 0.717) is 34.5 Å². The maximum Gasteiger partial charge on any atom is 0.348 e. The van der Waals surface area contributed by atoms with E-state index >= 15 is 0 Å². The van der Waals surface area contributed by atoms with Gasteiger partial charge in [0.05, 0.1) is 23.3 Å².